The smallest absolute Gasteiger partial charge is 0.233 e. The number of halogens is 1. The van der Waals surface area contributed by atoms with Crippen LogP contribution in [0.25, 0.3) is 0 Å². The first kappa shape index (κ1) is 13.6. The summed E-state index contributed by atoms with van der Waals surface area (Å²) in [5.41, 5.74) is 6.04. The molecule has 1 aromatic rings. The number of likely N-dealkylation sites (tertiary alicyclic amines) is 1. The Kier molecular flexibility index (Phi) is 3.32. The molecule has 5 heteroatoms. The minimum Gasteiger partial charge on any atom is -0.369 e. The minimum absolute atomic E-state index is 0.152. The molecule has 1 saturated carbocycles. The first-order valence-corrected chi connectivity index (χ1v) is 7.67. The van der Waals surface area contributed by atoms with Crippen molar-refractivity contribution in [1.82, 2.24) is 4.90 Å². The lowest BCUT2D eigenvalue weighted by molar-refractivity contribution is -0.133. The number of carbonyl (C=O) groups excluding carboxylic acids is 2. The Balaban J connectivity index is 1.79. The molecule has 2 N–H and O–H groups in total. The zero-order valence-corrected chi connectivity index (χ0v) is 12.7. The van der Waals surface area contributed by atoms with E-state index in [1.807, 2.05) is 29.2 Å². The summed E-state index contributed by atoms with van der Waals surface area (Å²) in [7, 11) is 0. The number of hydrogen-bond donors (Lipinski definition) is 1. The van der Waals surface area contributed by atoms with Crippen LogP contribution in [-0.2, 0) is 15.0 Å². The van der Waals surface area contributed by atoms with Gasteiger partial charge in [0, 0.05) is 17.6 Å². The van der Waals surface area contributed by atoms with Crippen LogP contribution in [0.4, 0.5) is 0 Å². The molecule has 0 spiro atoms. The molecule has 1 unspecified atom stereocenters. The number of benzene rings is 1. The third-order valence-corrected chi connectivity index (χ3v) is 4.91. The molecule has 0 aromatic heterocycles. The van der Waals surface area contributed by atoms with Gasteiger partial charge in [0.25, 0.3) is 0 Å². The molecule has 4 nitrogen and oxygen atoms in total. The van der Waals surface area contributed by atoms with Gasteiger partial charge < -0.3 is 10.6 Å². The normalized spacial score (nSPS) is 23.6. The van der Waals surface area contributed by atoms with Gasteiger partial charge in [-0.05, 0) is 37.0 Å². The standard InChI is InChI=1S/C15H17BrN2O2/c16-12-3-1-2-11(8-12)15(5-6-15)14(20)18-7-4-10(9-18)13(17)19/h1-3,8,10H,4-7,9H2,(H2,17,19). The average molecular weight is 337 g/mol. The summed E-state index contributed by atoms with van der Waals surface area (Å²) in [6.07, 6.45) is 2.47. The second kappa shape index (κ2) is 4.88. The molecule has 1 heterocycles. The topological polar surface area (TPSA) is 63.4 Å². The van der Waals surface area contributed by atoms with Crippen LogP contribution < -0.4 is 5.73 Å². The molecular weight excluding hydrogens is 320 g/mol. The zero-order chi connectivity index (χ0) is 14.3. The number of hydrogen-bond acceptors (Lipinski definition) is 2. The van der Waals surface area contributed by atoms with Crippen molar-refractivity contribution in [1.29, 1.82) is 0 Å². The Labute approximate surface area is 126 Å². The van der Waals surface area contributed by atoms with Gasteiger partial charge in [-0.25, -0.2) is 0 Å². The van der Waals surface area contributed by atoms with Crippen molar-refractivity contribution in [2.45, 2.75) is 24.7 Å². The van der Waals surface area contributed by atoms with Crippen LogP contribution in [0.3, 0.4) is 0 Å². The third-order valence-electron chi connectivity index (χ3n) is 4.41. The Hall–Kier alpha value is -1.36. The number of amides is 2. The van der Waals surface area contributed by atoms with E-state index >= 15 is 0 Å². The highest BCUT2D eigenvalue weighted by Gasteiger charge is 2.53. The summed E-state index contributed by atoms with van der Waals surface area (Å²) in [6, 6.07) is 7.95. The molecule has 2 aliphatic rings. The van der Waals surface area contributed by atoms with Gasteiger partial charge in [-0.15, -0.1) is 0 Å². The van der Waals surface area contributed by atoms with Crippen molar-refractivity contribution in [3.05, 3.63) is 34.3 Å². The van der Waals surface area contributed by atoms with Gasteiger partial charge in [-0.2, -0.15) is 0 Å². The molecule has 1 aromatic carbocycles. The van der Waals surface area contributed by atoms with Crippen molar-refractivity contribution in [2.75, 3.05) is 13.1 Å². The highest BCUT2D eigenvalue weighted by Crippen LogP contribution is 2.50. The van der Waals surface area contributed by atoms with E-state index in [1.54, 1.807) is 0 Å². The van der Waals surface area contributed by atoms with Crippen LogP contribution in [0.15, 0.2) is 28.7 Å². The monoisotopic (exact) mass is 336 g/mol. The molecular formula is C15H17BrN2O2. The summed E-state index contributed by atoms with van der Waals surface area (Å²) in [5.74, 6) is -0.329. The van der Waals surface area contributed by atoms with Crippen molar-refractivity contribution in [3.63, 3.8) is 0 Å². The Morgan fingerprint density at radius 1 is 1.35 bits per heavy atom. The van der Waals surface area contributed by atoms with Gasteiger partial charge in [0.2, 0.25) is 11.8 Å². The second-order valence-corrected chi connectivity index (χ2v) is 6.65. The lowest BCUT2D eigenvalue weighted by Gasteiger charge is -2.23. The fourth-order valence-electron chi connectivity index (χ4n) is 3.02. The molecule has 20 heavy (non-hydrogen) atoms. The first-order chi connectivity index (χ1) is 9.53. The Morgan fingerprint density at radius 2 is 2.10 bits per heavy atom. The van der Waals surface area contributed by atoms with Gasteiger partial charge in [0.1, 0.15) is 0 Å². The molecule has 1 aliphatic carbocycles. The van der Waals surface area contributed by atoms with Gasteiger partial charge in [-0.1, -0.05) is 28.1 Å². The minimum atomic E-state index is -0.365. The lowest BCUT2D eigenvalue weighted by Crippen LogP contribution is -2.38. The van der Waals surface area contributed by atoms with E-state index in [-0.39, 0.29) is 23.1 Å². The Morgan fingerprint density at radius 3 is 2.65 bits per heavy atom. The summed E-state index contributed by atoms with van der Waals surface area (Å²) < 4.78 is 0.991. The van der Waals surface area contributed by atoms with Crippen molar-refractivity contribution in [2.24, 2.45) is 11.7 Å². The second-order valence-electron chi connectivity index (χ2n) is 5.73. The van der Waals surface area contributed by atoms with Crippen LogP contribution in [0.1, 0.15) is 24.8 Å². The summed E-state index contributed by atoms with van der Waals surface area (Å²) in [5, 5.41) is 0. The Bertz CT molecular complexity index is 569. The number of primary amides is 1. The fraction of sp³-hybridized carbons (Fsp3) is 0.467. The molecule has 3 rings (SSSR count). The van der Waals surface area contributed by atoms with E-state index in [4.69, 9.17) is 5.73 Å². The quantitative estimate of drug-likeness (QED) is 0.914. The van der Waals surface area contributed by atoms with Gasteiger partial charge in [0.05, 0.1) is 11.3 Å². The predicted octanol–water partition coefficient (Wildman–Crippen LogP) is 1.81. The van der Waals surface area contributed by atoms with Gasteiger partial charge >= 0.3 is 0 Å². The molecule has 2 fully saturated rings. The van der Waals surface area contributed by atoms with Gasteiger partial charge in [-0.3, -0.25) is 9.59 Å². The highest BCUT2D eigenvalue weighted by atomic mass is 79.9. The molecule has 1 atom stereocenters. The fourth-order valence-corrected chi connectivity index (χ4v) is 3.42. The van der Waals surface area contributed by atoms with Crippen molar-refractivity contribution in [3.8, 4) is 0 Å². The molecule has 106 valence electrons. The third kappa shape index (κ3) is 2.24. The molecule has 2 amide bonds. The van der Waals surface area contributed by atoms with Crippen LogP contribution in [0.5, 0.6) is 0 Å². The van der Waals surface area contributed by atoms with Crippen LogP contribution in [0.2, 0.25) is 0 Å². The number of nitrogens with two attached hydrogens (primary N) is 1. The van der Waals surface area contributed by atoms with E-state index < -0.39 is 0 Å². The number of rotatable bonds is 3. The maximum absolute atomic E-state index is 12.8. The van der Waals surface area contributed by atoms with Crippen molar-refractivity contribution < 1.29 is 9.59 Å². The van der Waals surface area contributed by atoms with E-state index in [9.17, 15) is 9.59 Å². The first-order valence-electron chi connectivity index (χ1n) is 6.88. The summed E-state index contributed by atoms with van der Waals surface area (Å²) in [6.45, 7) is 1.12. The van der Waals surface area contributed by atoms with Crippen molar-refractivity contribution >= 4 is 27.7 Å². The average Bonchev–Trinajstić information content (AvgIpc) is 3.08. The SMILES string of the molecule is NC(=O)C1CCN(C(=O)C2(c3cccc(Br)c3)CC2)C1. The molecule has 0 bridgehead atoms. The predicted molar refractivity (Wildman–Crippen MR) is 78.9 cm³/mol. The summed E-state index contributed by atoms with van der Waals surface area (Å²) >= 11 is 3.46. The maximum Gasteiger partial charge on any atom is 0.233 e. The lowest BCUT2D eigenvalue weighted by atomic mass is 9.94. The van der Waals surface area contributed by atoms with E-state index in [1.165, 1.54) is 0 Å². The zero-order valence-electron chi connectivity index (χ0n) is 11.1. The van der Waals surface area contributed by atoms with E-state index in [0.717, 1.165) is 22.9 Å². The van der Waals surface area contributed by atoms with E-state index in [0.29, 0.717) is 19.5 Å². The maximum atomic E-state index is 12.8. The highest BCUT2D eigenvalue weighted by molar-refractivity contribution is 9.10. The number of carbonyl (C=O) groups is 2. The van der Waals surface area contributed by atoms with Crippen LogP contribution in [-0.4, -0.2) is 29.8 Å². The van der Waals surface area contributed by atoms with Gasteiger partial charge in [0.15, 0.2) is 0 Å². The summed E-state index contributed by atoms with van der Waals surface area (Å²) in [4.78, 5) is 25.8. The van der Waals surface area contributed by atoms with Crippen LogP contribution in [0, 0.1) is 5.92 Å². The largest absolute Gasteiger partial charge is 0.369 e. The molecule has 1 saturated heterocycles. The molecule has 1 aliphatic heterocycles. The van der Waals surface area contributed by atoms with Crippen LogP contribution >= 0.6 is 15.9 Å². The molecule has 0 radical (unpaired) electrons. The number of nitrogens with zero attached hydrogens (tertiary/aromatic N) is 1. The van der Waals surface area contributed by atoms with E-state index in [2.05, 4.69) is 15.9 Å².